The number of nitrogens with zero attached hydrogens (tertiary/aromatic N) is 1. The van der Waals surface area contributed by atoms with E-state index in [9.17, 15) is 8.42 Å². The predicted octanol–water partition coefficient (Wildman–Crippen LogP) is 1.92. The van der Waals surface area contributed by atoms with Crippen LogP contribution in [0, 0.1) is 18.3 Å². The highest BCUT2D eigenvalue weighted by Gasteiger charge is 2.14. The molecule has 1 N–H and O–H groups in total. The summed E-state index contributed by atoms with van der Waals surface area (Å²) >= 11 is 5.89. The molecular weight excluding hydrogens is 264 g/mol. The summed E-state index contributed by atoms with van der Waals surface area (Å²) in [5.74, 6) is -0.306. The molecule has 1 aromatic rings. The maximum absolute atomic E-state index is 11.4. The van der Waals surface area contributed by atoms with Crippen LogP contribution in [0.25, 0.3) is 0 Å². The van der Waals surface area contributed by atoms with Gasteiger partial charge in [-0.15, -0.1) is 0 Å². The number of hydrogen-bond acceptors (Lipinski definition) is 4. The molecule has 0 saturated carbocycles. The van der Waals surface area contributed by atoms with Gasteiger partial charge in [-0.3, -0.25) is 4.72 Å². The smallest absolute Gasteiger partial charge is 0.246 e. The van der Waals surface area contributed by atoms with E-state index in [2.05, 4.69) is 4.72 Å². The van der Waals surface area contributed by atoms with Gasteiger partial charge in [0.15, 0.2) is 5.75 Å². The quantitative estimate of drug-likeness (QED) is 0.910. The number of halogens is 1. The second-order valence-corrected chi connectivity index (χ2v) is 5.45. The van der Waals surface area contributed by atoms with Gasteiger partial charge in [0.25, 0.3) is 0 Å². The summed E-state index contributed by atoms with van der Waals surface area (Å²) in [7, 11) is -2.28. The molecule has 7 heteroatoms. The van der Waals surface area contributed by atoms with Gasteiger partial charge >= 0.3 is 0 Å². The minimum Gasteiger partial charge on any atom is -0.495 e. The van der Waals surface area contributed by atoms with Crippen molar-refractivity contribution in [2.75, 3.05) is 17.6 Å². The molecule has 0 bridgehead atoms. The van der Waals surface area contributed by atoms with Crippen molar-refractivity contribution in [1.29, 1.82) is 5.26 Å². The molecule has 0 atom stereocenters. The summed E-state index contributed by atoms with van der Waals surface area (Å²) in [6.45, 7) is 1.74. The molecule has 0 heterocycles. The monoisotopic (exact) mass is 274 g/mol. The van der Waals surface area contributed by atoms with Gasteiger partial charge in [0.05, 0.1) is 18.9 Å². The van der Waals surface area contributed by atoms with Crippen LogP contribution in [0.1, 0.15) is 5.56 Å². The standard InChI is InChI=1S/C10H11ClN2O3S/c1-7-5-9(10(16-2)6-8(7)11)13-17(14,15)4-3-12/h5-6,13H,4H2,1-2H3. The molecule has 5 nitrogen and oxygen atoms in total. The average molecular weight is 275 g/mol. The van der Waals surface area contributed by atoms with Gasteiger partial charge in [-0.05, 0) is 18.6 Å². The fourth-order valence-corrected chi connectivity index (χ4v) is 2.09. The average Bonchev–Trinajstić information content (AvgIpc) is 2.22. The Hall–Kier alpha value is -1.45. The molecule has 0 aliphatic rings. The van der Waals surface area contributed by atoms with Crippen LogP contribution in [0.15, 0.2) is 12.1 Å². The highest BCUT2D eigenvalue weighted by Crippen LogP contribution is 2.31. The van der Waals surface area contributed by atoms with Crippen LogP contribution in [0.5, 0.6) is 5.75 Å². The van der Waals surface area contributed by atoms with Gasteiger partial charge in [-0.1, -0.05) is 11.6 Å². The summed E-state index contributed by atoms with van der Waals surface area (Å²) in [5.41, 5.74) is 0.978. The van der Waals surface area contributed by atoms with E-state index in [0.717, 1.165) is 0 Å². The molecule has 0 radical (unpaired) electrons. The van der Waals surface area contributed by atoms with Crippen LogP contribution in [0.2, 0.25) is 5.02 Å². The van der Waals surface area contributed by atoms with Crippen molar-refractivity contribution in [3.05, 3.63) is 22.7 Å². The number of methoxy groups -OCH3 is 1. The van der Waals surface area contributed by atoms with Crippen LogP contribution >= 0.6 is 11.6 Å². The van der Waals surface area contributed by atoms with Crippen molar-refractivity contribution in [2.45, 2.75) is 6.92 Å². The Morgan fingerprint density at radius 3 is 2.71 bits per heavy atom. The van der Waals surface area contributed by atoms with Gasteiger partial charge in [-0.25, -0.2) is 8.42 Å². The van der Waals surface area contributed by atoms with Crippen molar-refractivity contribution >= 4 is 27.3 Å². The van der Waals surface area contributed by atoms with Crippen LogP contribution in [0.3, 0.4) is 0 Å². The van der Waals surface area contributed by atoms with Crippen molar-refractivity contribution in [3.8, 4) is 11.8 Å². The first-order valence-electron chi connectivity index (χ1n) is 4.61. The normalized spacial score (nSPS) is 10.7. The molecule has 0 aromatic heterocycles. The number of aryl methyl sites for hydroxylation is 1. The highest BCUT2D eigenvalue weighted by molar-refractivity contribution is 7.92. The van der Waals surface area contributed by atoms with Crippen LogP contribution in [-0.2, 0) is 10.0 Å². The first-order chi connectivity index (χ1) is 7.89. The van der Waals surface area contributed by atoms with E-state index in [1.807, 2.05) is 0 Å². The number of nitriles is 1. The number of benzene rings is 1. The Kier molecular flexibility index (Phi) is 4.21. The number of hydrogen-bond donors (Lipinski definition) is 1. The lowest BCUT2D eigenvalue weighted by atomic mass is 10.2. The molecule has 0 spiro atoms. The Labute approximate surface area is 105 Å². The van der Waals surface area contributed by atoms with E-state index in [-0.39, 0.29) is 5.69 Å². The SMILES string of the molecule is COc1cc(Cl)c(C)cc1NS(=O)(=O)CC#N. The minimum atomic E-state index is -3.68. The van der Waals surface area contributed by atoms with Crippen molar-refractivity contribution < 1.29 is 13.2 Å². The number of anilines is 1. The third kappa shape index (κ3) is 3.51. The number of sulfonamides is 1. The molecule has 0 unspecified atom stereocenters. The predicted molar refractivity (Wildman–Crippen MR) is 65.8 cm³/mol. The van der Waals surface area contributed by atoms with Crippen LogP contribution < -0.4 is 9.46 Å². The summed E-state index contributed by atoms with van der Waals surface area (Å²) in [4.78, 5) is 0. The third-order valence-electron chi connectivity index (χ3n) is 2.00. The molecule has 0 amide bonds. The molecule has 0 fully saturated rings. The van der Waals surface area contributed by atoms with Crippen molar-refractivity contribution in [3.63, 3.8) is 0 Å². The zero-order chi connectivity index (χ0) is 13.1. The van der Waals surface area contributed by atoms with Crippen molar-refractivity contribution in [2.24, 2.45) is 0 Å². The van der Waals surface area contributed by atoms with Gasteiger partial charge < -0.3 is 4.74 Å². The maximum Gasteiger partial charge on any atom is 0.246 e. The van der Waals surface area contributed by atoms with Crippen molar-refractivity contribution in [1.82, 2.24) is 0 Å². The molecular formula is C10H11ClN2O3S. The topological polar surface area (TPSA) is 79.2 Å². The molecule has 1 rings (SSSR count). The lowest BCUT2D eigenvalue weighted by Crippen LogP contribution is -2.16. The van der Waals surface area contributed by atoms with E-state index in [1.54, 1.807) is 19.1 Å². The first-order valence-corrected chi connectivity index (χ1v) is 6.64. The Morgan fingerprint density at radius 1 is 1.53 bits per heavy atom. The molecule has 0 aliphatic heterocycles. The van der Waals surface area contributed by atoms with E-state index in [1.165, 1.54) is 13.2 Å². The van der Waals surface area contributed by atoms with Gasteiger partial charge in [0.2, 0.25) is 10.0 Å². The fourth-order valence-electron chi connectivity index (χ4n) is 1.20. The van der Waals surface area contributed by atoms with Crippen LogP contribution in [-0.4, -0.2) is 21.3 Å². The zero-order valence-corrected chi connectivity index (χ0v) is 10.9. The number of rotatable bonds is 4. The van der Waals surface area contributed by atoms with E-state index in [4.69, 9.17) is 21.6 Å². The second-order valence-electron chi connectivity index (χ2n) is 3.32. The maximum atomic E-state index is 11.4. The fraction of sp³-hybridized carbons (Fsp3) is 0.300. The molecule has 0 aliphatic carbocycles. The first kappa shape index (κ1) is 13.6. The summed E-state index contributed by atoms with van der Waals surface area (Å²) in [5, 5.41) is 8.86. The number of ether oxygens (including phenoxy) is 1. The van der Waals surface area contributed by atoms with Gasteiger partial charge in [0.1, 0.15) is 5.75 Å². The Morgan fingerprint density at radius 2 is 2.18 bits per heavy atom. The minimum absolute atomic E-state index is 0.268. The highest BCUT2D eigenvalue weighted by atomic mass is 35.5. The Bertz CT molecular complexity index is 564. The largest absolute Gasteiger partial charge is 0.495 e. The summed E-state index contributed by atoms with van der Waals surface area (Å²) < 4.78 is 30.2. The third-order valence-corrected chi connectivity index (χ3v) is 3.45. The summed E-state index contributed by atoms with van der Waals surface area (Å²) in [6, 6.07) is 4.64. The molecule has 92 valence electrons. The molecule has 1 aromatic carbocycles. The van der Waals surface area contributed by atoms with Crippen LogP contribution in [0.4, 0.5) is 5.69 Å². The lowest BCUT2D eigenvalue weighted by Gasteiger charge is -2.12. The van der Waals surface area contributed by atoms with Gasteiger partial charge in [-0.2, -0.15) is 5.26 Å². The molecule has 17 heavy (non-hydrogen) atoms. The summed E-state index contributed by atoms with van der Waals surface area (Å²) in [6.07, 6.45) is 0. The second kappa shape index (κ2) is 5.25. The van der Waals surface area contributed by atoms with E-state index >= 15 is 0 Å². The molecule has 0 saturated heterocycles. The Balaban J connectivity index is 3.15. The zero-order valence-electron chi connectivity index (χ0n) is 9.32. The van der Waals surface area contributed by atoms with E-state index in [0.29, 0.717) is 16.3 Å². The number of nitrogens with one attached hydrogen (secondary N) is 1. The van der Waals surface area contributed by atoms with E-state index < -0.39 is 15.8 Å². The van der Waals surface area contributed by atoms with Gasteiger partial charge in [0, 0.05) is 11.1 Å². The lowest BCUT2D eigenvalue weighted by molar-refractivity contribution is 0.417.